The van der Waals surface area contributed by atoms with E-state index in [9.17, 15) is 22.8 Å². The number of thiophene rings is 2. The Kier molecular flexibility index (Phi) is 9.41. The lowest BCUT2D eigenvalue weighted by molar-refractivity contribution is -0.143. The molecule has 5 rings (SSSR count). The lowest BCUT2D eigenvalue weighted by Gasteiger charge is -2.35. The van der Waals surface area contributed by atoms with E-state index in [1.165, 1.54) is 16.2 Å². The van der Waals surface area contributed by atoms with Crippen molar-refractivity contribution in [2.45, 2.75) is 61.4 Å². The Labute approximate surface area is 254 Å². The molecular formula is C27H36ClN5O5S3. The molecule has 1 N–H and O–H groups in total. The zero-order valence-corrected chi connectivity index (χ0v) is 26.5. The van der Waals surface area contributed by atoms with Crippen LogP contribution in [0.1, 0.15) is 39.0 Å². The number of carbonyl (C=O) groups is 3. The van der Waals surface area contributed by atoms with Gasteiger partial charge in [0, 0.05) is 68.5 Å². The number of piperidine rings is 1. The molecule has 10 nitrogen and oxygen atoms in total. The van der Waals surface area contributed by atoms with Gasteiger partial charge in [-0.1, -0.05) is 11.6 Å². The van der Waals surface area contributed by atoms with Crippen LogP contribution in [0.5, 0.6) is 0 Å². The predicted molar refractivity (Wildman–Crippen MR) is 161 cm³/mol. The van der Waals surface area contributed by atoms with Crippen molar-refractivity contribution in [2.75, 3.05) is 46.3 Å². The molecule has 0 saturated carbocycles. The normalized spacial score (nSPS) is 23.9. The monoisotopic (exact) mass is 641 g/mol. The molecule has 2 aromatic heterocycles. The van der Waals surface area contributed by atoms with Crippen LogP contribution in [0.3, 0.4) is 0 Å². The fraction of sp³-hybridized carbons (Fsp3) is 0.593. The molecule has 3 aliphatic heterocycles. The number of sulfonamides is 1. The average molecular weight is 642 g/mol. The Morgan fingerprint density at radius 3 is 2.51 bits per heavy atom. The third kappa shape index (κ3) is 6.97. The van der Waals surface area contributed by atoms with Gasteiger partial charge in [-0.25, -0.2) is 8.42 Å². The van der Waals surface area contributed by atoms with E-state index in [-0.39, 0.29) is 40.6 Å². The first-order valence-corrected chi connectivity index (χ1v) is 17.4. The van der Waals surface area contributed by atoms with Crippen molar-refractivity contribution in [1.82, 2.24) is 24.3 Å². The van der Waals surface area contributed by atoms with Crippen molar-refractivity contribution >= 4 is 62.0 Å². The summed E-state index contributed by atoms with van der Waals surface area (Å²) in [5.41, 5.74) is 0. The van der Waals surface area contributed by atoms with E-state index >= 15 is 0 Å². The largest absolute Gasteiger partial charge is 0.342 e. The SMILES string of the molecule is CC(=O)N(C)C1CCN(C[C@@H]2CCCN2C(=O)CN2CCC[C@H](NS(=O)(=O)c3ccc(-c4ccc(Cl)s4)s3)C2=O)C1. The van der Waals surface area contributed by atoms with Crippen molar-refractivity contribution in [3.05, 3.63) is 28.6 Å². The summed E-state index contributed by atoms with van der Waals surface area (Å²) in [7, 11) is -2.07. The van der Waals surface area contributed by atoms with Gasteiger partial charge in [0.15, 0.2) is 0 Å². The zero-order chi connectivity index (χ0) is 29.3. The second kappa shape index (κ2) is 12.7. The number of hydrogen-bond acceptors (Lipinski definition) is 8. The number of likely N-dealkylation sites (tertiary alicyclic amines) is 3. The molecule has 5 heterocycles. The molecule has 0 aromatic carbocycles. The minimum absolute atomic E-state index is 0.0501. The van der Waals surface area contributed by atoms with E-state index in [4.69, 9.17) is 11.6 Å². The minimum atomic E-state index is -3.91. The molecule has 3 saturated heterocycles. The van der Waals surface area contributed by atoms with Gasteiger partial charge in [-0.2, -0.15) is 4.72 Å². The van der Waals surface area contributed by atoms with E-state index in [0.29, 0.717) is 30.3 Å². The van der Waals surface area contributed by atoms with Gasteiger partial charge in [0.2, 0.25) is 17.7 Å². The van der Waals surface area contributed by atoms with Crippen molar-refractivity contribution in [3.63, 3.8) is 0 Å². The van der Waals surface area contributed by atoms with E-state index < -0.39 is 16.1 Å². The third-order valence-corrected chi connectivity index (χ3v) is 12.8. The van der Waals surface area contributed by atoms with E-state index in [0.717, 1.165) is 60.0 Å². The Hall–Kier alpha value is -2.03. The number of hydrogen-bond donors (Lipinski definition) is 1. The quantitative estimate of drug-likeness (QED) is 0.451. The highest BCUT2D eigenvalue weighted by atomic mass is 35.5. The third-order valence-electron chi connectivity index (χ3n) is 8.27. The zero-order valence-electron chi connectivity index (χ0n) is 23.3. The van der Waals surface area contributed by atoms with E-state index in [1.54, 1.807) is 30.0 Å². The van der Waals surface area contributed by atoms with Crippen LogP contribution in [0.4, 0.5) is 0 Å². The molecule has 224 valence electrons. The number of rotatable bonds is 9. The summed E-state index contributed by atoms with van der Waals surface area (Å²) in [6, 6.07) is 6.26. The molecule has 0 radical (unpaired) electrons. The lowest BCUT2D eigenvalue weighted by Crippen LogP contribution is -2.55. The van der Waals surface area contributed by atoms with Crippen LogP contribution in [0.2, 0.25) is 4.34 Å². The minimum Gasteiger partial charge on any atom is -0.342 e. The predicted octanol–water partition coefficient (Wildman–Crippen LogP) is 2.94. The van der Waals surface area contributed by atoms with Gasteiger partial charge in [-0.05, 0) is 56.4 Å². The molecule has 3 amide bonds. The van der Waals surface area contributed by atoms with Gasteiger partial charge in [0.1, 0.15) is 10.3 Å². The van der Waals surface area contributed by atoms with Crippen LogP contribution >= 0.6 is 34.3 Å². The molecule has 1 unspecified atom stereocenters. The average Bonchev–Trinajstić information content (AvgIpc) is 3.73. The maximum absolute atomic E-state index is 13.4. The molecular weight excluding hydrogens is 606 g/mol. The second-order valence-electron chi connectivity index (χ2n) is 11.0. The van der Waals surface area contributed by atoms with Crippen LogP contribution < -0.4 is 4.72 Å². The summed E-state index contributed by atoms with van der Waals surface area (Å²) in [6.07, 6.45) is 3.74. The number of nitrogens with one attached hydrogen (secondary N) is 1. The Balaban J connectivity index is 1.17. The van der Waals surface area contributed by atoms with E-state index in [1.807, 2.05) is 18.0 Å². The van der Waals surface area contributed by atoms with Gasteiger partial charge in [0.25, 0.3) is 10.0 Å². The highest BCUT2D eigenvalue weighted by Crippen LogP contribution is 2.37. The van der Waals surface area contributed by atoms with Gasteiger partial charge in [0.05, 0.1) is 10.9 Å². The summed E-state index contributed by atoms with van der Waals surface area (Å²) in [5.74, 6) is -0.399. The van der Waals surface area contributed by atoms with Gasteiger partial charge in [-0.3, -0.25) is 19.3 Å². The summed E-state index contributed by atoms with van der Waals surface area (Å²) in [5, 5.41) is 0. The molecule has 2 aromatic rings. The fourth-order valence-corrected chi connectivity index (χ4v) is 9.63. The van der Waals surface area contributed by atoms with Crippen LogP contribution in [-0.4, -0.2) is 110 Å². The second-order valence-corrected chi connectivity index (χ2v) is 15.8. The number of nitrogens with zero attached hydrogens (tertiary/aromatic N) is 4. The van der Waals surface area contributed by atoms with Crippen LogP contribution in [0, 0.1) is 0 Å². The molecule has 3 atom stereocenters. The number of halogens is 1. The van der Waals surface area contributed by atoms with Crippen LogP contribution in [-0.2, 0) is 24.4 Å². The number of amides is 3. The smallest absolute Gasteiger partial charge is 0.250 e. The van der Waals surface area contributed by atoms with Crippen molar-refractivity contribution in [1.29, 1.82) is 0 Å². The topological polar surface area (TPSA) is 110 Å². The molecule has 41 heavy (non-hydrogen) atoms. The van der Waals surface area contributed by atoms with Gasteiger partial charge < -0.3 is 14.7 Å². The number of likely N-dealkylation sites (N-methyl/N-ethyl adjacent to an activating group) is 1. The first-order valence-electron chi connectivity index (χ1n) is 13.9. The Bertz CT molecular complexity index is 1400. The van der Waals surface area contributed by atoms with Gasteiger partial charge in [-0.15, -0.1) is 22.7 Å². The highest BCUT2D eigenvalue weighted by Gasteiger charge is 2.37. The first-order chi connectivity index (χ1) is 19.5. The van der Waals surface area contributed by atoms with E-state index in [2.05, 4.69) is 9.62 Å². The summed E-state index contributed by atoms with van der Waals surface area (Å²) in [4.78, 5) is 47.6. The Morgan fingerprint density at radius 2 is 1.78 bits per heavy atom. The van der Waals surface area contributed by atoms with Crippen molar-refractivity contribution in [3.8, 4) is 9.75 Å². The molecule has 0 bridgehead atoms. The maximum atomic E-state index is 13.4. The Morgan fingerprint density at radius 1 is 1.05 bits per heavy atom. The van der Waals surface area contributed by atoms with Crippen LogP contribution in [0.25, 0.3) is 9.75 Å². The number of carbonyl (C=O) groups excluding carboxylic acids is 3. The molecule has 0 spiro atoms. The summed E-state index contributed by atoms with van der Waals surface area (Å²) in [6.45, 7) is 5.06. The maximum Gasteiger partial charge on any atom is 0.250 e. The standard InChI is InChI=1S/C27H36ClN5O5S3/c1-18(34)30(2)19-11-14-31(15-19)16-20-5-3-13-33(20)25(35)17-32-12-4-6-21(27(32)36)29-41(37,38)26-10-8-23(40-26)22-7-9-24(28)39-22/h7-10,19-21,29H,3-6,11-17H2,1-2H3/t19?,20-,21-/m0/s1. The van der Waals surface area contributed by atoms with Crippen LogP contribution in [0.15, 0.2) is 28.5 Å². The molecule has 0 aliphatic carbocycles. The molecule has 3 fully saturated rings. The van der Waals surface area contributed by atoms with Gasteiger partial charge >= 0.3 is 0 Å². The summed E-state index contributed by atoms with van der Waals surface area (Å²) >= 11 is 8.53. The first kappa shape index (κ1) is 30.4. The molecule has 3 aliphatic rings. The molecule has 14 heteroatoms. The fourth-order valence-electron chi connectivity index (χ4n) is 5.95. The van der Waals surface area contributed by atoms with Crippen molar-refractivity contribution < 1.29 is 22.8 Å². The van der Waals surface area contributed by atoms with Crippen molar-refractivity contribution in [2.24, 2.45) is 0 Å². The lowest BCUT2D eigenvalue weighted by atomic mass is 10.1. The highest BCUT2D eigenvalue weighted by molar-refractivity contribution is 7.91. The summed E-state index contributed by atoms with van der Waals surface area (Å²) < 4.78 is 29.6.